The highest BCUT2D eigenvalue weighted by atomic mass is 16.5. The van der Waals surface area contributed by atoms with Crippen molar-refractivity contribution in [3.05, 3.63) is 23.8 Å². The summed E-state index contributed by atoms with van der Waals surface area (Å²) in [5, 5.41) is 0. The average Bonchev–Trinajstić information content (AvgIpc) is 3.02. The summed E-state index contributed by atoms with van der Waals surface area (Å²) in [6.45, 7) is 1.20. The summed E-state index contributed by atoms with van der Waals surface area (Å²) in [5.74, 6) is 0.797. The summed E-state index contributed by atoms with van der Waals surface area (Å²) in [6, 6.07) is 5.94. The van der Waals surface area contributed by atoms with Gasteiger partial charge in [0, 0.05) is 13.1 Å². The largest absolute Gasteiger partial charge is 0.495 e. The lowest BCUT2D eigenvalue weighted by Crippen LogP contribution is -2.42. The zero-order valence-electron chi connectivity index (χ0n) is 12.4. The van der Waals surface area contributed by atoms with Gasteiger partial charge in [0.25, 0.3) is 5.91 Å². The van der Waals surface area contributed by atoms with Gasteiger partial charge in [-0.3, -0.25) is 4.79 Å². The van der Waals surface area contributed by atoms with Crippen LogP contribution in [-0.2, 0) is 16.0 Å². The lowest BCUT2D eigenvalue weighted by molar-refractivity contribution is -0.129. The number of amides is 1. The van der Waals surface area contributed by atoms with Crippen molar-refractivity contribution in [2.24, 2.45) is 5.73 Å². The number of fused-ring (bicyclic) bond motifs is 1. The molecule has 2 aliphatic rings. The monoisotopic (exact) mass is 290 g/mol. The zero-order chi connectivity index (χ0) is 14.8. The number of anilines is 1. The van der Waals surface area contributed by atoms with Crippen LogP contribution in [0.5, 0.6) is 5.75 Å². The predicted molar refractivity (Wildman–Crippen MR) is 80.6 cm³/mol. The van der Waals surface area contributed by atoms with Crippen LogP contribution in [0.25, 0.3) is 0 Å². The van der Waals surface area contributed by atoms with Crippen LogP contribution >= 0.6 is 0 Å². The van der Waals surface area contributed by atoms with Crippen molar-refractivity contribution >= 4 is 11.6 Å². The fourth-order valence-corrected chi connectivity index (χ4v) is 3.23. The van der Waals surface area contributed by atoms with Crippen LogP contribution in [-0.4, -0.2) is 38.3 Å². The lowest BCUT2D eigenvalue weighted by Gasteiger charge is -2.32. The Morgan fingerprint density at radius 1 is 1.48 bits per heavy atom. The summed E-state index contributed by atoms with van der Waals surface area (Å²) < 4.78 is 11.2. The third-order valence-corrected chi connectivity index (χ3v) is 4.31. The second-order valence-corrected chi connectivity index (χ2v) is 5.62. The number of nitrogens with zero attached hydrogens (tertiary/aromatic N) is 1. The number of methoxy groups -OCH3 is 1. The summed E-state index contributed by atoms with van der Waals surface area (Å²) >= 11 is 0. The molecule has 3 rings (SSSR count). The molecule has 1 fully saturated rings. The number of carbonyl (C=O) groups excluding carboxylic acids is 1. The zero-order valence-corrected chi connectivity index (χ0v) is 12.4. The second-order valence-electron chi connectivity index (χ2n) is 5.62. The van der Waals surface area contributed by atoms with E-state index in [0.29, 0.717) is 6.54 Å². The van der Waals surface area contributed by atoms with Gasteiger partial charge in [0.05, 0.1) is 18.9 Å². The minimum absolute atomic E-state index is 0.0147. The normalized spacial score (nSPS) is 24.8. The van der Waals surface area contributed by atoms with E-state index in [9.17, 15) is 4.79 Å². The molecule has 21 heavy (non-hydrogen) atoms. The lowest BCUT2D eigenvalue weighted by atomic mass is 10.00. The van der Waals surface area contributed by atoms with Gasteiger partial charge >= 0.3 is 0 Å². The fourth-order valence-electron chi connectivity index (χ4n) is 3.23. The minimum Gasteiger partial charge on any atom is -0.495 e. The number of ether oxygens (including phenoxy) is 2. The Labute approximate surface area is 125 Å². The highest BCUT2D eigenvalue weighted by Crippen LogP contribution is 2.37. The molecule has 2 atom stereocenters. The first-order chi connectivity index (χ1) is 10.2. The number of benzene rings is 1. The van der Waals surface area contributed by atoms with Crippen molar-refractivity contribution in [3.8, 4) is 5.75 Å². The fraction of sp³-hybridized carbons (Fsp3) is 0.562. The highest BCUT2D eigenvalue weighted by molar-refractivity contribution is 5.99. The van der Waals surface area contributed by atoms with Crippen LogP contribution < -0.4 is 15.4 Å². The predicted octanol–water partition coefficient (Wildman–Crippen LogP) is 1.48. The molecular formula is C16H22N2O3. The Kier molecular flexibility index (Phi) is 4.12. The Balaban J connectivity index is 1.86. The molecule has 5 heteroatoms. The molecule has 0 saturated carbocycles. The van der Waals surface area contributed by atoms with Gasteiger partial charge in [-0.2, -0.15) is 0 Å². The summed E-state index contributed by atoms with van der Waals surface area (Å²) in [6.07, 6.45) is 3.21. The highest BCUT2D eigenvalue weighted by Gasteiger charge is 2.35. The molecule has 2 N–H and O–H groups in total. The van der Waals surface area contributed by atoms with E-state index in [2.05, 4.69) is 6.07 Å². The maximum absolute atomic E-state index is 12.8. The van der Waals surface area contributed by atoms with Crippen LogP contribution in [0.1, 0.15) is 24.8 Å². The first kappa shape index (κ1) is 14.4. The summed E-state index contributed by atoms with van der Waals surface area (Å²) in [5.41, 5.74) is 7.71. The average molecular weight is 290 g/mol. The standard InChI is InChI=1S/C16H22N2O3/c1-20-13-6-2-4-11-5-3-9-18(15(11)13)16(19)14-8-7-12(10-17)21-14/h2,4,6,12,14H,3,5,7-10,17H2,1H3. The first-order valence-electron chi connectivity index (χ1n) is 7.57. The van der Waals surface area contributed by atoms with E-state index in [1.807, 2.05) is 17.0 Å². The quantitative estimate of drug-likeness (QED) is 0.916. The third-order valence-electron chi connectivity index (χ3n) is 4.31. The van der Waals surface area contributed by atoms with Gasteiger partial charge in [0.15, 0.2) is 0 Å². The maximum Gasteiger partial charge on any atom is 0.256 e. The van der Waals surface area contributed by atoms with Gasteiger partial charge < -0.3 is 20.1 Å². The van der Waals surface area contributed by atoms with Crippen molar-refractivity contribution < 1.29 is 14.3 Å². The molecule has 114 valence electrons. The summed E-state index contributed by atoms with van der Waals surface area (Å²) in [4.78, 5) is 14.6. The van der Waals surface area contributed by atoms with Gasteiger partial charge in [-0.25, -0.2) is 0 Å². The Bertz CT molecular complexity index is 518. The van der Waals surface area contributed by atoms with Crippen molar-refractivity contribution in [1.29, 1.82) is 0 Å². The van der Waals surface area contributed by atoms with Crippen molar-refractivity contribution in [1.82, 2.24) is 0 Å². The van der Waals surface area contributed by atoms with Crippen LogP contribution in [0.2, 0.25) is 0 Å². The van der Waals surface area contributed by atoms with Crippen molar-refractivity contribution in [2.75, 3.05) is 25.1 Å². The van der Waals surface area contributed by atoms with E-state index in [-0.39, 0.29) is 18.1 Å². The Hall–Kier alpha value is -1.59. The van der Waals surface area contributed by atoms with E-state index in [1.165, 1.54) is 5.56 Å². The van der Waals surface area contributed by atoms with E-state index in [4.69, 9.17) is 15.2 Å². The number of para-hydroxylation sites is 1. The van der Waals surface area contributed by atoms with Crippen LogP contribution in [0.4, 0.5) is 5.69 Å². The molecule has 1 saturated heterocycles. The molecule has 0 radical (unpaired) electrons. The van der Waals surface area contributed by atoms with Gasteiger partial charge in [-0.05, 0) is 37.3 Å². The molecule has 5 nitrogen and oxygen atoms in total. The molecule has 1 aromatic carbocycles. The molecular weight excluding hydrogens is 268 g/mol. The van der Waals surface area contributed by atoms with Gasteiger partial charge in [-0.15, -0.1) is 0 Å². The third kappa shape index (κ3) is 2.63. The summed E-state index contributed by atoms with van der Waals surface area (Å²) in [7, 11) is 1.64. The van der Waals surface area contributed by atoms with Crippen LogP contribution in [0.15, 0.2) is 18.2 Å². The first-order valence-corrected chi connectivity index (χ1v) is 7.57. The van der Waals surface area contributed by atoms with Crippen molar-refractivity contribution in [2.45, 2.75) is 37.9 Å². The molecule has 0 aromatic heterocycles. The van der Waals surface area contributed by atoms with Gasteiger partial charge in [-0.1, -0.05) is 12.1 Å². The number of nitrogens with two attached hydrogens (primary N) is 1. The molecule has 0 aliphatic carbocycles. The Morgan fingerprint density at radius 2 is 2.33 bits per heavy atom. The minimum atomic E-state index is -0.366. The number of hydrogen-bond donors (Lipinski definition) is 1. The van der Waals surface area contributed by atoms with Crippen LogP contribution in [0.3, 0.4) is 0 Å². The molecule has 0 spiro atoms. The molecule has 0 bridgehead atoms. The maximum atomic E-state index is 12.8. The van der Waals surface area contributed by atoms with E-state index < -0.39 is 0 Å². The number of rotatable bonds is 3. The molecule has 1 amide bonds. The smallest absolute Gasteiger partial charge is 0.256 e. The van der Waals surface area contributed by atoms with Crippen molar-refractivity contribution in [3.63, 3.8) is 0 Å². The van der Waals surface area contributed by atoms with Gasteiger partial charge in [0.2, 0.25) is 0 Å². The number of hydrogen-bond acceptors (Lipinski definition) is 4. The topological polar surface area (TPSA) is 64.8 Å². The number of aryl methyl sites for hydroxylation is 1. The van der Waals surface area contributed by atoms with E-state index >= 15 is 0 Å². The van der Waals surface area contributed by atoms with E-state index in [0.717, 1.165) is 43.7 Å². The number of carbonyl (C=O) groups is 1. The molecule has 2 heterocycles. The second kappa shape index (κ2) is 6.03. The molecule has 2 aliphatic heterocycles. The molecule has 2 unspecified atom stereocenters. The Morgan fingerprint density at radius 3 is 3.05 bits per heavy atom. The van der Waals surface area contributed by atoms with Gasteiger partial charge in [0.1, 0.15) is 11.9 Å². The SMILES string of the molecule is COc1cccc2c1N(C(=O)C1CCC(CN)O1)CCC2. The van der Waals surface area contributed by atoms with E-state index in [1.54, 1.807) is 7.11 Å². The molecule has 1 aromatic rings. The van der Waals surface area contributed by atoms with Crippen LogP contribution in [0, 0.1) is 0 Å².